The van der Waals surface area contributed by atoms with Crippen LogP contribution in [0.4, 0.5) is 0 Å². The van der Waals surface area contributed by atoms with Crippen molar-refractivity contribution in [2.75, 3.05) is 34.0 Å². The maximum Gasteiger partial charge on any atom is 0.338 e. The lowest BCUT2D eigenvalue weighted by Crippen LogP contribution is -2.20. The van der Waals surface area contributed by atoms with Gasteiger partial charge in [0.1, 0.15) is 11.5 Å². The van der Waals surface area contributed by atoms with E-state index < -0.39 is 5.91 Å². The van der Waals surface area contributed by atoms with Crippen molar-refractivity contribution in [3.63, 3.8) is 0 Å². The number of carbonyl (C=O) groups excluding carboxylic acids is 2. The zero-order valence-corrected chi connectivity index (χ0v) is 19.4. The highest BCUT2D eigenvalue weighted by molar-refractivity contribution is 7.16. The molecule has 3 rings (SSSR count). The van der Waals surface area contributed by atoms with E-state index in [0.717, 1.165) is 10.2 Å². The first-order valence-corrected chi connectivity index (χ1v) is 11.0. The zero-order chi connectivity index (χ0) is 23.1. The summed E-state index contributed by atoms with van der Waals surface area (Å²) in [6.07, 6.45) is 0. The van der Waals surface area contributed by atoms with Crippen LogP contribution in [-0.2, 0) is 16.0 Å². The highest BCUT2D eigenvalue weighted by atomic mass is 32.1. The van der Waals surface area contributed by atoms with Crippen molar-refractivity contribution in [2.24, 2.45) is 4.99 Å². The van der Waals surface area contributed by atoms with E-state index in [1.807, 2.05) is 17.6 Å². The Balaban J connectivity index is 2.08. The molecule has 0 fully saturated rings. The van der Waals surface area contributed by atoms with Crippen molar-refractivity contribution in [2.45, 2.75) is 20.4 Å². The molecule has 32 heavy (non-hydrogen) atoms. The minimum absolute atomic E-state index is 0.300. The van der Waals surface area contributed by atoms with Gasteiger partial charge in [0.2, 0.25) is 0 Å². The standard InChI is InChI=1S/C23H26N2O6S/c1-5-30-12-11-25-18-10-7-15(22(27)31-6-2)13-20(18)32-23(25)24-21(26)17-9-8-16(28-3)14-19(17)29-4/h7-10,13-14H,5-6,11-12H2,1-4H3. The zero-order valence-electron chi connectivity index (χ0n) is 18.5. The van der Waals surface area contributed by atoms with E-state index in [1.54, 1.807) is 44.4 Å². The lowest BCUT2D eigenvalue weighted by molar-refractivity contribution is 0.0526. The lowest BCUT2D eigenvalue weighted by atomic mass is 10.2. The molecule has 8 nitrogen and oxygen atoms in total. The Morgan fingerprint density at radius 3 is 2.53 bits per heavy atom. The SMILES string of the molecule is CCOCCn1c(=NC(=O)c2ccc(OC)cc2OC)sc2cc(C(=O)OCC)ccc21. The van der Waals surface area contributed by atoms with Gasteiger partial charge in [-0.3, -0.25) is 4.79 Å². The first-order valence-electron chi connectivity index (χ1n) is 10.2. The van der Waals surface area contributed by atoms with Gasteiger partial charge in [0.15, 0.2) is 4.80 Å². The number of amides is 1. The molecule has 0 saturated carbocycles. The predicted molar refractivity (Wildman–Crippen MR) is 122 cm³/mol. The quantitative estimate of drug-likeness (QED) is 0.359. The van der Waals surface area contributed by atoms with Crippen molar-refractivity contribution < 1.29 is 28.5 Å². The van der Waals surface area contributed by atoms with Crippen LogP contribution in [0.5, 0.6) is 11.5 Å². The Bertz CT molecular complexity index is 1180. The number of hydrogen-bond acceptors (Lipinski definition) is 7. The van der Waals surface area contributed by atoms with E-state index in [4.69, 9.17) is 18.9 Å². The Hall–Kier alpha value is -3.17. The molecule has 0 atom stereocenters. The minimum Gasteiger partial charge on any atom is -0.497 e. The molecule has 1 heterocycles. The van der Waals surface area contributed by atoms with Crippen LogP contribution in [0.25, 0.3) is 10.2 Å². The molecule has 9 heteroatoms. The predicted octanol–water partition coefficient (Wildman–Crippen LogP) is 3.67. The fourth-order valence-corrected chi connectivity index (χ4v) is 4.23. The molecule has 0 N–H and O–H groups in total. The Labute approximate surface area is 190 Å². The summed E-state index contributed by atoms with van der Waals surface area (Å²) in [7, 11) is 3.04. The van der Waals surface area contributed by atoms with E-state index in [9.17, 15) is 9.59 Å². The first kappa shape index (κ1) is 23.5. The smallest absolute Gasteiger partial charge is 0.338 e. The van der Waals surface area contributed by atoms with Gasteiger partial charge in [0.25, 0.3) is 5.91 Å². The van der Waals surface area contributed by atoms with Gasteiger partial charge in [-0.25, -0.2) is 4.79 Å². The van der Waals surface area contributed by atoms with Gasteiger partial charge in [-0.05, 0) is 44.2 Å². The van der Waals surface area contributed by atoms with Gasteiger partial charge in [-0.2, -0.15) is 4.99 Å². The lowest BCUT2D eigenvalue weighted by Gasteiger charge is -2.08. The number of fused-ring (bicyclic) bond motifs is 1. The number of esters is 1. The molecule has 3 aromatic rings. The average Bonchev–Trinajstić information content (AvgIpc) is 3.14. The van der Waals surface area contributed by atoms with Crippen molar-refractivity contribution in [3.8, 4) is 11.5 Å². The molecule has 0 radical (unpaired) electrons. The largest absolute Gasteiger partial charge is 0.497 e. The second kappa shape index (κ2) is 10.9. The highest BCUT2D eigenvalue weighted by Gasteiger charge is 2.16. The van der Waals surface area contributed by atoms with Crippen molar-refractivity contribution in [3.05, 3.63) is 52.3 Å². The fraction of sp³-hybridized carbons (Fsp3) is 0.348. The number of hydrogen-bond donors (Lipinski definition) is 0. The normalized spacial score (nSPS) is 11.6. The molecule has 0 bridgehead atoms. The number of methoxy groups -OCH3 is 2. The molecule has 0 unspecified atom stereocenters. The van der Waals surface area contributed by atoms with Gasteiger partial charge >= 0.3 is 5.97 Å². The number of ether oxygens (including phenoxy) is 4. The maximum atomic E-state index is 13.0. The summed E-state index contributed by atoms with van der Waals surface area (Å²) < 4.78 is 23.9. The topological polar surface area (TPSA) is 88.4 Å². The van der Waals surface area contributed by atoms with Crippen molar-refractivity contribution in [1.82, 2.24) is 4.57 Å². The van der Waals surface area contributed by atoms with Gasteiger partial charge < -0.3 is 23.5 Å². The van der Waals surface area contributed by atoms with E-state index in [1.165, 1.54) is 18.4 Å². The molecule has 0 aliphatic rings. The third kappa shape index (κ3) is 5.17. The van der Waals surface area contributed by atoms with Gasteiger partial charge in [0.05, 0.1) is 48.8 Å². The molecular formula is C23H26N2O6S. The summed E-state index contributed by atoms with van der Waals surface area (Å²) in [5.74, 6) is 0.135. The summed E-state index contributed by atoms with van der Waals surface area (Å²) in [4.78, 5) is 30.0. The van der Waals surface area contributed by atoms with E-state index in [2.05, 4.69) is 4.99 Å². The molecule has 2 aromatic carbocycles. The summed E-state index contributed by atoms with van der Waals surface area (Å²) in [6, 6.07) is 10.3. The van der Waals surface area contributed by atoms with E-state index >= 15 is 0 Å². The highest BCUT2D eigenvalue weighted by Crippen LogP contribution is 2.25. The van der Waals surface area contributed by atoms with Crippen LogP contribution in [-0.4, -0.2) is 50.5 Å². The molecule has 0 aliphatic carbocycles. The molecular weight excluding hydrogens is 432 g/mol. The minimum atomic E-state index is -0.438. The van der Waals surface area contributed by atoms with E-state index in [0.29, 0.717) is 53.8 Å². The number of rotatable bonds is 9. The van der Waals surface area contributed by atoms with Crippen molar-refractivity contribution in [1.29, 1.82) is 0 Å². The summed E-state index contributed by atoms with van der Waals surface area (Å²) in [6.45, 7) is 5.55. The van der Waals surface area contributed by atoms with Crippen LogP contribution in [0.1, 0.15) is 34.6 Å². The second-order valence-corrected chi connectivity index (χ2v) is 7.63. The molecule has 0 saturated heterocycles. The van der Waals surface area contributed by atoms with Crippen LogP contribution in [0.3, 0.4) is 0 Å². The summed E-state index contributed by atoms with van der Waals surface area (Å²) in [5, 5.41) is 0. The molecule has 1 amide bonds. The maximum absolute atomic E-state index is 13.0. The van der Waals surface area contributed by atoms with Gasteiger partial charge in [0, 0.05) is 19.2 Å². The number of thiazole rings is 1. The number of benzene rings is 2. The van der Waals surface area contributed by atoms with Crippen LogP contribution in [0, 0.1) is 0 Å². The Kier molecular flexibility index (Phi) is 8.02. The molecule has 0 spiro atoms. The monoisotopic (exact) mass is 458 g/mol. The Morgan fingerprint density at radius 1 is 1.03 bits per heavy atom. The molecule has 170 valence electrons. The second-order valence-electron chi connectivity index (χ2n) is 6.62. The van der Waals surface area contributed by atoms with Gasteiger partial charge in [-0.15, -0.1) is 0 Å². The number of nitrogens with zero attached hydrogens (tertiary/aromatic N) is 2. The third-order valence-corrected chi connectivity index (χ3v) is 5.73. The average molecular weight is 459 g/mol. The fourth-order valence-electron chi connectivity index (χ4n) is 3.14. The number of carbonyl (C=O) groups is 2. The van der Waals surface area contributed by atoms with Crippen LogP contribution in [0.2, 0.25) is 0 Å². The Morgan fingerprint density at radius 2 is 1.84 bits per heavy atom. The van der Waals surface area contributed by atoms with Gasteiger partial charge in [-0.1, -0.05) is 11.3 Å². The van der Waals surface area contributed by atoms with Crippen LogP contribution in [0.15, 0.2) is 41.4 Å². The third-order valence-electron chi connectivity index (χ3n) is 4.69. The van der Waals surface area contributed by atoms with Crippen LogP contribution >= 0.6 is 11.3 Å². The van der Waals surface area contributed by atoms with E-state index in [-0.39, 0.29) is 5.97 Å². The van der Waals surface area contributed by atoms with Crippen molar-refractivity contribution >= 4 is 33.4 Å². The van der Waals surface area contributed by atoms with Crippen LogP contribution < -0.4 is 14.3 Å². The summed E-state index contributed by atoms with van der Waals surface area (Å²) >= 11 is 1.32. The number of aromatic nitrogens is 1. The first-order chi connectivity index (χ1) is 15.5. The molecule has 1 aromatic heterocycles. The molecule has 0 aliphatic heterocycles. The summed E-state index contributed by atoms with van der Waals surface area (Å²) in [5.41, 5.74) is 1.64.